The zero-order valence-electron chi connectivity index (χ0n) is 9.84. The van der Waals surface area contributed by atoms with Crippen LogP contribution >= 0.6 is 23.2 Å². The van der Waals surface area contributed by atoms with Gasteiger partial charge in [-0.1, -0.05) is 36.2 Å². The van der Waals surface area contributed by atoms with Crippen molar-refractivity contribution in [2.24, 2.45) is 0 Å². The van der Waals surface area contributed by atoms with Crippen LogP contribution in [0.15, 0.2) is 24.3 Å². The lowest BCUT2D eigenvalue weighted by atomic mass is 10.2. The van der Waals surface area contributed by atoms with Gasteiger partial charge in [-0.3, -0.25) is 4.79 Å². The summed E-state index contributed by atoms with van der Waals surface area (Å²) < 4.78 is 0. The fourth-order valence-electron chi connectivity index (χ4n) is 1.22. The van der Waals surface area contributed by atoms with Crippen molar-refractivity contribution in [3.05, 3.63) is 39.9 Å². The zero-order chi connectivity index (χ0) is 12.8. The van der Waals surface area contributed by atoms with Crippen LogP contribution < -0.4 is 5.32 Å². The minimum Gasteiger partial charge on any atom is -0.350 e. The van der Waals surface area contributed by atoms with Gasteiger partial charge < -0.3 is 5.32 Å². The first-order valence-electron chi connectivity index (χ1n) is 5.47. The molecule has 1 amide bonds. The van der Waals surface area contributed by atoms with E-state index in [0.717, 1.165) is 6.42 Å². The highest BCUT2D eigenvalue weighted by Crippen LogP contribution is 2.25. The van der Waals surface area contributed by atoms with E-state index in [9.17, 15) is 4.79 Å². The van der Waals surface area contributed by atoms with Crippen LogP contribution in [0.25, 0.3) is 6.08 Å². The average molecular weight is 272 g/mol. The van der Waals surface area contributed by atoms with Crippen LogP contribution in [-0.4, -0.2) is 11.9 Å². The molecule has 0 aromatic heterocycles. The lowest BCUT2D eigenvalue weighted by Crippen LogP contribution is -2.30. The van der Waals surface area contributed by atoms with Gasteiger partial charge in [0.15, 0.2) is 0 Å². The third kappa shape index (κ3) is 4.41. The van der Waals surface area contributed by atoms with Crippen molar-refractivity contribution in [2.45, 2.75) is 26.3 Å². The van der Waals surface area contributed by atoms with E-state index in [1.54, 1.807) is 24.3 Å². The van der Waals surface area contributed by atoms with Gasteiger partial charge in [0.1, 0.15) is 0 Å². The molecule has 0 aliphatic rings. The molecule has 1 aromatic carbocycles. The SMILES string of the molecule is CC[C@H](C)NC(=O)/C=C/c1c(Cl)cccc1Cl. The Kier molecular flexibility index (Phi) is 5.52. The monoisotopic (exact) mass is 271 g/mol. The van der Waals surface area contributed by atoms with Crippen molar-refractivity contribution in [1.29, 1.82) is 0 Å². The molecule has 0 saturated carbocycles. The van der Waals surface area contributed by atoms with Crippen LogP contribution in [0.2, 0.25) is 10.0 Å². The Hall–Kier alpha value is -0.990. The number of carbonyl (C=O) groups excluding carboxylic acids is 1. The third-order valence-corrected chi connectivity index (χ3v) is 3.06. The van der Waals surface area contributed by atoms with Crippen LogP contribution in [0, 0.1) is 0 Å². The molecule has 4 heteroatoms. The fraction of sp³-hybridized carbons (Fsp3) is 0.308. The van der Waals surface area contributed by atoms with Gasteiger partial charge >= 0.3 is 0 Å². The van der Waals surface area contributed by atoms with Gasteiger partial charge in [0.05, 0.1) is 0 Å². The number of amides is 1. The molecule has 1 aromatic rings. The zero-order valence-corrected chi connectivity index (χ0v) is 11.3. The smallest absolute Gasteiger partial charge is 0.244 e. The summed E-state index contributed by atoms with van der Waals surface area (Å²) in [5.41, 5.74) is 0.662. The van der Waals surface area contributed by atoms with Crippen LogP contribution in [-0.2, 0) is 4.79 Å². The van der Waals surface area contributed by atoms with Crippen LogP contribution in [0.1, 0.15) is 25.8 Å². The molecular weight excluding hydrogens is 257 g/mol. The molecule has 0 bridgehead atoms. The molecule has 1 rings (SSSR count). The molecule has 0 heterocycles. The van der Waals surface area contributed by atoms with E-state index in [-0.39, 0.29) is 11.9 Å². The van der Waals surface area contributed by atoms with Crippen molar-refractivity contribution in [3.8, 4) is 0 Å². The predicted molar refractivity (Wildman–Crippen MR) is 73.4 cm³/mol. The molecule has 1 N–H and O–H groups in total. The third-order valence-electron chi connectivity index (χ3n) is 2.40. The highest BCUT2D eigenvalue weighted by Gasteiger charge is 2.04. The normalized spacial score (nSPS) is 12.7. The number of nitrogens with one attached hydrogen (secondary N) is 1. The summed E-state index contributed by atoms with van der Waals surface area (Å²) in [5.74, 6) is -0.143. The number of hydrogen-bond donors (Lipinski definition) is 1. The maximum Gasteiger partial charge on any atom is 0.244 e. The summed E-state index contributed by atoms with van der Waals surface area (Å²) in [4.78, 5) is 11.5. The molecule has 0 aliphatic heterocycles. The first-order valence-corrected chi connectivity index (χ1v) is 6.22. The van der Waals surface area contributed by atoms with E-state index >= 15 is 0 Å². The highest BCUT2D eigenvalue weighted by molar-refractivity contribution is 6.37. The van der Waals surface area contributed by atoms with E-state index in [4.69, 9.17) is 23.2 Å². The minimum absolute atomic E-state index is 0.143. The molecular formula is C13H15Cl2NO. The Morgan fingerprint density at radius 2 is 2.00 bits per heavy atom. The van der Waals surface area contributed by atoms with Crippen LogP contribution in [0.4, 0.5) is 0 Å². The number of carbonyl (C=O) groups is 1. The van der Waals surface area contributed by atoms with E-state index in [1.807, 2.05) is 13.8 Å². The topological polar surface area (TPSA) is 29.1 Å². The van der Waals surface area contributed by atoms with Crippen LogP contribution in [0.5, 0.6) is 0 Å². The maximum absolute atomic E-state index is 11.5. The number of hydrogen-bond acceptors (Lipinski definition) is 1. The Morgan fingerprint density at radius 1 is 1.41 bits per heavy atom. The first kappa shape index (κ1) is 14.1. The van der Waals surface area contributed by atoms with E-state index in [1.165, 1.54) is 6.08 Å². The largest absolute Gasteiger partial charge is 0.350 e. The van der Waals surface area contributed by atoms with E-state index < -0.39 is 0 Å². The second-order valence-electron chi connectivity index (χ2n) is 3.79. The Bertz CT molecular complexity index is 409. The molecule has 0 radical (unpaired) electrons. The standard InChI is InChI=1S/C13H15Cl2NO/c1-3-9(2)16-13(17)8-7-10-11(14)5-4-6-12(10)15/h4-9H,3H2,1-2H3,(H,16,17)/b8-7+/t9-/m0/s1. The lowest BCUT2D eigenvalue weighted by Gasteiger charge is -2.08. The van der Waals surface area contributed by atoms with Crippen molar-refractivity contribution in [1.82, 2.24) is 5.32 Å². The molecule has 92 valence electrons. The second kappa shape index (κ2) is 6.67. The lowest BCUT2D eigenvalue weighted by molar-refractivity contribution is -0.117. The quantitative estimate of drug-likeness (QED) is 0.827. The Labute approximate surface area is 112 Å². The van der Waals surface area contributed by atoms with E-state index in [0.29, 0.717) is 15.6 Å². The average Bonchev–Trinajstić information content (AvgIpc) is 2.28. The van der Waals surface area contributed by atoms with Gasteiger partial charge in [-0.25, -0.2) is 0 Å². The van der Waals surface area contributed by atoms with Crippen molar-refractivity contribution in [3.63, 3.8) is 0 Å². The highest BCUT2D eigenvalue weighted by atomic mass is 35.5. The fourth-order valence-corrected chi connectivity index (χ4v) is 1.75. The minimum atomic E-state index is -0.143. The van der Waals surface area contributed by atoms with Gasteiger partial charge in [-0.05, 0) is 31.6 Å². The molecule has 0 aliphatic carbocycles. The Balaban J connectivity index is 2.74. The van der Waals surface area contributed by atoms with Gasteiger partial charge in [-0.15, -0.1) is 0 Å². The summed E-state index contributed by atoms with van der Waals surface area (Å²) in [6.07, 6.45) is 3.97. The molecule has 2 nitrogen and oxygen atoms in total. The molecule has 0 unspecified atom stereocenters. The van der Waals surface area contributed by atoms with E-state index in [2.05, 4.69) is 5.32 Å². The summed E-state index contributed by atoms with van der Waals surface area (Å²) in [5, 5.41) is 3.89. The summed E-state index contributed by atoms with van der Waals surface area (Å²) in [7, 11) is 0. The molecule has 0 fully saturated rings. The number of benzene rings is 1. The van der Waals surface area contributed by atoms with Crippen molar-refractivity contribution < 1.29 is 4.79 Å². The molecule has 17 heavy (non-hydrogen) atoms. The van der Waals surface area contributed by atoms with Gasteiger partial charge in [-0.2, -0.15) is 0 Å². The molecule has 0 spiro atoms. The van der Waals surface area contributed by atoms with Crippen LogP contribution in [0.3, 0.4) is 0 Å². The van der Waals surface area contributed by atoms with Gasteiger partial charge in [0, 0.05) is 27.7 Å². The van der Waals surface area contributed by atoms with Crippen molar-refractivity contribution in [2.75, 3.05) is 0 Å². The molecule has 0 saturated heterocycles. The summed E-state index contributed by atoms with van der Waals surface area (Å²) in [6.45, 7) is 3.97. The molecule has 1 atom stereocenters. The predicted octanol–water partition coefficient (Wildman–Crippen LogP) is 3.92. The second-order valence-corrected chi connectivity index (χ2v) is 4.60. The summed E-state index contributed by atoms with van der Waals surface area (Å²) >= 11 is 12.0. The number of halogens is 2. The first-order chi connectivity index (χ1) is 8.04. The van der Waals surface area contributed by atoms with Gasteiger partial charge in [0.25, 0.3) is 0 Å². The Morgan fingerprint density at radius 3 is 2.53 bits per heavy atom. The maximum atomic E-state index is 11.5. The van der Waals surface area contributed by atoms with Gasteiger partial charge in [0.2, 0.25) is 5.91 Å². The van der Waals surface area contributed by atoms with Crippen molar-refractivity contribution >= 4 is 35.2 Å². The number of rotatable bonds is 4. The summed E-state index contributed by atoms with van der Waals surface area (Å²) in [6, 6.07) is 5.40.